The number of aliphatic hydroxyl groups excluding tert-OH is 1. The van der Waals surface area contributed by atoms with Gasteiger partial charge in [-0.15, -0.1) is 0 Å². The van der Waals surface area contributed by atoms with Crippen molar-refractivity contribution < 1.29 is 77.5 Å². The lowest BCUT2D eigenvalue weighted by Gasteiger charge is -2.41. The summed E-state index contributed by atoms with van der Waals surface area (Å²) in [5, 5.41) is 48.7. The normalized spacial score (nSPS) is 17.5. The van der Waals surface area contributed by atoms with Crippen LogP contribution in [-0.2, 0) is 62.2 Å². The number of nitrogens with zero attached hydrogens (tertiary/aromatic N) is 6. The Balaban J connectivity index is 3.51. The molecule has 0 aromatic carbocycles. The van der Waals surface area contributed by atoms with Gasteiger partial charge in [0.1, 0.15) is 60.4 Å². The summed E-state index contributed by atoms with van der Waals surface area (Å²) in [6.45, 7) is 32.4. The van der Waals surface area contributed by atoms with Crippen molar-refractivity contribution in [3.05, 3.63) is 12.2 Å². The van der Waals surface area contributed by atoms with Gasteiger partial charge in [0.2, 0.25) is 59.1 Å². The zero-order chi connectivity index (χ0) is 74.0. The number of rotatable bonds is 42. The van der Waals surface area contributed by atoms with Gasteiger partial charge in [-0.25, -0.2) is 4.79 Å². The van der Waals surface area contributed by atoms with Crippen molar-refractivity contribution in [2.45, 2.75) is 247 Å². The molecule has 552 valence electrons. The summed E-state index contributed by atoms with van der Waals surface area (Å²) in [4.78, 5) is 164. The number of morpholine rings is 1. The highest BCUT2D eigenvalue weighted by molar-refractivity contribution is 5.99. The highest BCUT2D eigenvalue weighted by atomic mass is 16.5. The van der Waals surface area contributed by atoms with Crippen LogP contribution in [-0.4, -0.2) is 276 Å². The van der Waals surface area contributed by atoms with Gasteiger partial charge < -0.3 is 81.2 Å². The van der Waals surface area contributed by atoms with Crippen molar-refractivity contribution in [1.29, 1.82) is 0 Å². The Labute approximate surface area is 572 Å². The average Bonchev–Trinajstić information content (AvgIpc) is 0.817. The van der Waals surface area contributed by atoms with E-state index in [4.69, 9.17) is 9.47 Å². The zero-order valence-corrected chi connectivity index (χ0v) is 62.1. The number of carbonyl (C=O) groups is 11. The fourth-order valence-electron chi connectivity index (χ4n) is 11.5. The molecular weight excluding hydrogens is 1240 g/mol. The lowest BCUT2D eigenvalue weighted by Crippen LogP contribution is -2.63. The number of aliphatic hydroxyl groups is 2. The smallest absolute Gasteiger partial charge is 0.326 e. The van der Waals surface area contributed by atoms with Gasteiger partial charge in [0.25, 0.3) is 0 Å². The molecule has 9 N–H and O–H groups in total. The van der Waals surface area contributed by atoms with Gasteiger partial charge >= 0.3 is 5.97 Å². The largest absolute Gasteiger partial charge is 0.480 e. The van der Waals surface area contributed by atoms with Crippen LogP contribution in [0, 0.1) is 29.6 Å². The fraction of sp³-hybridized carbons (Fsp3) is 0.809. The number of aliphatic carboxylic acids is 1. The molecule has 1 rings (SSSR count). The second-order valence-corrected chi connectivity index (χ2v) is 28.2. The van der Waals surface area contributed by atoms with Crippen LogP contribution in [0.2, 0.25) is 0 Å². The third-order valence-electron chi connectivity index (χ3n) is 17.7. The second-order valence-electron chi connectivity index (χ2n) is 28.2. The average molecular weight is 1370 g/mol. The van der Waals surface area contributed by atoms with E-state index in [-0.39, 0.29) is 43.4 Å². The van der Waals surface area contributed by atoms with Gasteiger partial charge in [-0.05, 0) is 130 Å². The van der Waals surface area contributed by atoms with E-state index < -0.39 is 161 Å². The quantitative estimate of drug-likeness (QED) is 0.0310. The summed E-state index contributed by atoms with van der Waals surface area (Å²) in [7, 11) is 8.59. The van der Waals surface area contributed by atoms with Gasteiger partial charge in [0.05, 0.1) is 37.1 Å². The fourth-order valence-corrected chi connectivity index (χ4v) is 11.5. The van der Waals surface area contributed by atoms with Gasteiger partial charge in [-0.2, -0.15) is 0 Å². The van der Waals surface area contributed by atoms with E-state index in [1.165, 1.54) is 77.6 Å². The number of nitrogens with one attached hydrogen (secondary N) is 6. The van der Waals surface area contributed by atoms with Crippen LogP contribution in [0.1, 0.15) is 163 Å². The second kappa shape index (κ2) is 41.8. The topological polar surface area (TPSA) is 359 Å². The molecule has 96 heavy (non-hydrogen) atoms. The van der Waals surface area contributed by atoms with E-state index in [1.54, 1.807) is 81.5 Å². The van der Waals surface area contributed by atoms with E-state index in [9.17, 15) is 68.1 Å². The van der Waals surface area contributed by atoms with Crippen LogP contribution in [0.3, 0.4) is 0 Å². The Morgan fingerprint density at radius 3 is 1.55 bits per heavy atom. The van der Waals surface area contributed by atoms with Crippen LogP contribution in [0.5, 0.6) is 0 Å². The molecule has 0 radical (unpaired) electrons. The minimum absolute atomic E-state index is 0.0107. The van der Waals surface area contributed by atoms with Crippen LogP contribution < -0.4 is 31.9 Å². The molecule has 10 amide bonds. The first-order valence-electron chi connectivity index (χ1n) is 34.2. The third-order valence-corrected chi connectivity index (χ3v) is 17.7. The zero-order valence-electron chi connectivity index (χ0n) is 62.1. The summed E-state index contributed by atoms with van der Waals surface area (Å²) in [6, 6.07) is -13.8. The number of unbranched alkanes of at least 4 members (excludes halogenated alkanes) is 1. The van der Waals surface area contributed by atoms with E-state index in [1.807, 2.05) is 27.7 Å². The number of likely N-dealkylation sites (N-methyl/N-ethyl adjacent to an activating group) is 6. The van der Waals surface area contributed by atoms with Crippen LogP contribution in [0.4, 0.5) is 0 Å². The molecule has 0 aliphatic carbocycles. The Kier molecular flexibility index (Phi) is 38.2. The van der Waals surface area contributed by atoms with Crippen LogP contribution in [0.25, 0.3) is 0 Å². The van der Waals surface area contributed by atoms with Gasteiger partial charge in [-0.3, -0.25) is 52.8 Å². The van der Waals surface area contributed by atoms with E-state index >= 15 is 0 Å². The van der Waals surface area contributed by atoms with Crippen molar-refractivity contribution in [3.63, 3.8) is 0 Å². The van der Waals surface area contributed by atoms with E-state index in [0.29, 0.717) is 32.7 Å². The summed E-state index contributed by atoms with van der Waals surface area (Å²) in [5.74, 6) is -10.6. The van der Waals surface area contributed by atoms with Crippen molar-refractivity contribution in [1.82, 2.24) is 61.3 Å². The highest BCUT2D eigenvalue weighted by Crippen LogP contribution is 2.25. The molecule has 28 nitrogen and oxygen atoms in total. The summed E-state index contributed by atoms with van der Waals surface area (Å²) < 4.78 is 11.7. The highest BCUT2D eigenvalue weighted by Gasteiger charge is 2.45. The molecule has 0 spiro atoms. The number of hydrogen-bond donors (Lipinski definition) is 9. The van der Waals surface area contributed by atoms with Crippen LogP contribution >= 0.6 is 0 Å². The number of carboxylic acids is 1. The van der Waals surface area contributed by atoms with E-state index in [0.717, 1.165) is 35.9 Å². The SMILES string of the molecule is C/C=C/C[C@@H](C)[C@@H](O)[C@@H](C(=O)N[C@@H](CC)C(=O)O)N(C)C(=O)[C@H](C(C)C)N(C)C(=O)[C@H](CC(C)C)N(C)C(=O)[C@H](CC(C)(C)O)NC(=O)[C@@H](C)NC(=O)[C@H](C)NC(=O)[C@H](CC(C)C)N(C)C(=O)[C@@H](NC(=O)[C@H]([C@@H](C)OCCCCN1CCOCC1)N(C)C(=O)[C@@H](C)NC)C(C)C. The monoisotopic (exact) mass is 1360 g/mol. The first-order valence-corrected chi connectivity index (χ1v) is 34.2. The van der Waals surface area contributed by atoms with Crippen molar-refractivity contribution >= 4 is 65.0 Å². The molecule has 0 aromatic rings. The molecule has 14 atom stereocenters. The number of carboxylic acid groups (broad SMARTS) is 1. The molecule has 0 unspecified atom stereocenters. The Morgan fingerprint density at radius 2 is 1.06 bits per heavy atom. The summed E-state index contributed by atoms with van der Waals surface area (Å²) in [6.07, 6.45) is 2.98. The molecular formula is C68H124N12O16. The first-order chi connectivity index (χ1) is 44.5. The molecule has 1 heterocycles. The molecule has 1 saturated heterocycles. The van der Waals surface area contributed by atoms with E-state index in [2.05, 4.69) is 36.8 Å². The van der Waals surface area contributed by atoms with Gasteiger partial charge in [-0.1, -0.05) is 81.4 Å². The third kappa shape index (κ3) is 27.5. The lowest BCUT2D eigenvalue weighted by molar-refractivity contribution is -0.156. The standard InChI is InChI=1S/C68H124N12O16/c1-24-26-29-43(11)56(81)55(61(86)72-48(25-2)67(92)93)79(23)66(91)53(42(9)10)77(21)64(89)51(37-40(5)6)76(20)63(88)49(38-68(16,17)94)73-58(83)45(13)70-57(82)44(12)71-59(84)50(36-39(3)4)75(19)65(90)52(41(7)8)74-60(85)54(78(22)62(87)46(14)69-18)47(15)96-33-28-27-30-80-31-34-95-35-32-80/h24,26,39-56,69,81,94H,25,27-38H2,1-23H3,(H,70,82)(H,71,84)(H,72,86)(H,73,83)(H,74,85)(H,92,93)/b26-24+/t43-,44+,45-,46-,47-,48+,49+,50+,51+,52+,53+,54+,55+,56-/m1/s1. The molecule has 0 saturated carbocycles. The van der Waals surface area contributed by atoms with Gasteiger partial charge in [0.15, 0.2) is 0 Å². The maximum atomic E-state index is 15.0. The Hall–Kier alpha value is -6.33. The van der Waals surface area contributed by atoms with Gasteiger partial charge in [0, 0.05) is 61.4 Å². The van der Waals surface area contributed by atoms with Crippen molar-refractivity contribution in [2.24, 2.45) is 29.6 Å². The number of allylic oxidation sites excluding steroid dienone is 2. The number of hydrogen-bond acceptors (Lipinski definition) is 17. The minimum atomic E-state index is -1.59. The maximum absolute atomic E-state index is 15.0. The van der Waals surface area contributed by atoms with Crippen LogP contribution in [0.15, 0.2) is 12.2 Å². The lowest BCUT2D eigenvalue weighted by atomic mass is 9.91. The summed E-state index contributed by atoms with van der Waals surface area (Å²) >= 11 is 0. The minimum Gasteiger partial charge on any atom is -0.480 e. The van der Waals surface area contributed by atoms with Crippen molar-refractivity contribution in [3.8, 4) is 0 Å². The molecule has 0 aromatic heterocycles. The Morgan fingerprint density at radius 1 is 0.573 bits per heavy atom. The molecule has 28 heteroatoms. The predicted molar refractivity (Wildman–Crippen MR) is 366 cm³/mol. The Bertz CT molecular complexity index is 2560. The van der Waals surface area contributed by atoms with Crippen molar-refractivity contribution in [2.75, 3.05) is 81.7 Å². The molecule has 1 fully saturated rings. The number of ether oxygens (including phenoxy) is 2. The first kappa shape index (κ1) is 87.7. The predicted octanol–water partition coefficient (Wildman–Crippen LogP) is 1.73. The summed E-state index contributed by atoms with van der Waals surface area (Å²) in [5.41, 5.74) is -1.59. The molecule has 0 bridgehead atoms. The number of carbonyl (C=O) groups excluding carboxylic acids is 10. The maximum Gasteiger partial charge on any atom is 0.326 e. The molecule has 1 aliphatic heterocycles. The number of amides is 10. The molecule has 1 aliphatic rings.